The number of hydrogen-bond donors (Lipinski definition) is 1. The van der Waals surface area contributed by atoms with Crippen molar-refractivity contribution in [3.05, 3.63) is 52.3 Å². The van der Waals surface area contributed by atoms with Crippen molar-refractivity contribution in [1.29, 1.82) is 0 Å². The lowest BCUT2D eigenvalue weighted by Gasteiger charge is -2.10. The molecule has 0 spiro atoms. The third-order valence-corrected chi connectivity index (χ3v) is 3.40. The number of rotatable bonds is 4. The molecular formula is C15H14ClNO3. The summed E-state index contributed by atoms with van der Waals surface area (Å²) in [5.74, 6) is 1.53. The van der Waals surface area contributed by atoms with Gasteiger partial charge in [0.15, 0.2) is 0 Å². The van der Waals surface area contributed by atoms with E-state index in [1.165, 1.54) is 0 Å². The van der Waals surface area contributed by atoms with Gasteiger partial charge in [-0.15, -0.1) is 0 Å². The SMILES string of the molecule is OCc1ccc(OCc2cc(Cl)cc3c2OCC3)cn1. The lowest BCUT2D eigenvalue weighted by atomic mass is 10.1. The Bertz CT molecular complexity index is 613. The molecule has 0 radical (unpaired) electrons. The summed E-state index contributed by atoms with van der Waals surface area (Å²) in [7, 11) is 0. The third-order valence-electron chi connectivity index (χ3n) is 3.18. The molecule has 0 amide bonds. The molecule has 2 aromatic rings. The van der Waals surface area contributed by atoms with Crippen LogP contribution in [0.25, 0.3) is 0 Å². The topological polar surface area (TPSA) is 51.6 Å². The summed E-state index contributed by atoms with van der Waals surface area (Å²) in [5.41, 5.74) is 2.69. The zero-order chi connectivity index (χ0) is 13.9. The fourth-order valence-corrected chi connectivity index (χ4v) is 2.47. The Morgan fingerprint density at radius 3 is 3.00 bits per heavy atom. The third kappa shape index (κ3) is 2.71. The van der Waals surface area contributed by atoms with Gasteiger partial charge in [-0.25, -0.2) is 0 Å². The molecule has 2 heterocycles. The molecule has 1 aliphatic rings. The van der Waals surface area contributed by atoms with E-state index in [2.05, 4.69) is 4.98 Å². The van der Waals surface area contributed by atoms with Gasteiger partial charge in [0.25, 0.3) is 0 Å². The van der Waals surface area contributed by atoms with Gasteiger partial charge in [0.2, 0.25) is 0 Å². The molecule has 0 atom stereocenters. The Hall–Kier alpha value is -1.78. The van der Waals surface area contributed by atoms with Crippen molar-refractivity contribution in [3.63, 3.8) is 0 Å². The van der Waals surface area contributed by atoms with Gasteiger partial charge in [0.05, 0.1) is 25.1 Å². The molecule has 0 unspecified atom stereocenters. The summed E-state index contributed by atoms with van der Waals surface area (Å²) < 4.78 is 11.3. The van der Waals surface area contributed by atoms with Gasteiger partial charge in [-0.2, -0.15) is 0 Å². The first-order valence-electron chi connectivity index (χ1n) is 6.39. The molecule has 0 saturated heterocycles. The minimum atomic E-state index is -0.0735. The van der Waals surface area contributed by atoms with Crippen LogP contribution in [-0.4, -0.2) is 16.7 Å². The molecule has 0 bridgehead atoms. The quantitative estimate of drug-likeness (QED) is 0.941. The Kier molecular flexibility index (Phi) is 3.76. The van der Waals surface area contributed by atoms with Gasteiger partial charge < -0.3 is 14.6 Å². The standard InChI is InChI=1S/C15H14ClNO3/c16-12-5-10-3-4-19-15(10)11(6-12)9-20-14-2-1-13(8-18)17-7-14/h1-2,5-7,18H,3-4,8-9H2. The summed E-state index contributed by atoms with van der Waals surface area (Å²) in [6.45, 7) is 0.994. The first kappa shape index (κ1) is 13.2. The Balaban J connectivity index is 1.75. The Morgan fingerprint density at radius 1 is 1.35 bits per heavy atom. The van der Waals surface area contributed by atoms with Crippen LogP contribution in [0.4, 0.5) is 0 Å². The molecule has 3 rings (SSSR count). The number of hydrogen-bond acceptors (Lipinski definition) is 4. The van der Waals surface area contributed by atoms with E-state index >= 15 is 0 Å². The lowest BCUT2D eigenvalue weighted by molar-refractivity contribution is 0.274. The van der Waals surface area contributed by atoms with Crippen molar-refractivity contribution in [2.75, 3.05) is 6.61 Å². The van der Waals surface area contributed by atoms with Crippen LogP contribution < -0.4 is 9.47 Å². The number of aliphatic hydroxyl groups is 1. The van der Waals surface area contributed by atoms with E-state index in [0.717, 1.165) is 23.3 Å². The Labute approximate surface area is 121 Å². The van der Waals surface area contributed by atoms with Gasteiger partial charge in [0, 0.05) is 17.0 Å². The molecule has 1 aromatic carbocycles. The fraction of sp³-hybridized carbons (Fsp3) is 0.267. The van der Waals surface area contributed by atoms with Crippen molar-refractivity contribution >= 4 is 11.6 Å². The van der Waals surface area contributed by atoms with Gasteiger partial charge >= 0.3 is 0 Å². The van der Waals surface area contributed by atoms with Crippen molar-refractivity contribution in [1.82, 2.24) is 4.98 Å². The number of aliphatic hydroxyl groups excluding tert-OH is 1. The highest BCUT2D eigenvalue weighted by Crippen LogP contribution is 2.33. The van der Waals surface area contributed by atoms with Gasteiger partial charge in [-0.3, -0.25) is 4.98 Å². The second-order valence-electron chi connectivity index (χ2n) is 4.58. The molecule has 0 fully saturated rings. The lowest BCUT2D eigenvalue weighted by Crippen LogP contribution is -1.99. The first-order chi connectivity index (χ1) is 9.76. The van der Waals surface area contributed by atoms with Gasteiger partial charge in [0.1, 0.15) is 18.1 Å². The monoisotopic (exact) mass is 291 g/mol. The number of halogens is 1. The molecule has 1 aliphatic heterocycles. The normalized spacial score (nSPS) is 12.9. The summed E-state index contributed by atoms with van der Waals surface area (Å²) >= 11 is 6.10. The van der Waals surface area contributed by atoms with E-state index in [-0.39, 0.29) is 6.61 Å². The molecule has 0 aliphatic carbocycles. The Morgan fingerprint density at radius 2 is 2.25 bits per heavy atom. The zero-order valence-corrected chi connectivity index (χ0v) is 11.6. The van der Waals surface area contributed by atoms with Gasteiger partial charge in [-0.05, 0) is 29.8 Å². The molecule has 0 saturated carbocycles. The molecule has 20 heavy (non-hydrogen) atoms. The molecule has 1 aromatic heterocycles. The minimum Gasteiger partial charge on any atom is -0.493 e. The predicted molar refractivity (Wildman–Crippen MR) is 75.1 cm³/mol. The van der Waals surface area contributed by atoms with E-state index in [4.69, 9.17) is 26.2 Å². The van der Waals surface area contributed by atoms with Crippen LogP contribution in [0.15, 0.2) is 30.5 Å². The minimum absolute atomic E-state index is 0.0735. The maximum atomic E-state index is 8.94. The average molecular weight is 292 g/mol. The molecule has 5 heteroatoms. The van der Waals surface area contributed by atoms with Crippen molar-refractivity contribution < 1.29 is 14.6 Å². The number of nitrogens with zero attached hydrogens (tertiary/aromatic N) is 1. The van der Waals surface area contributed by atoms with Crippen LogP contribution in [-0.2, 0) is 19.6 Å². The van der Waals surface area contributed by atoms with Crippen LogP contribution in [0.2, 0.25) is 5.02 Å². The van der Waals surface area contributed by atoms with Crippen LogP contribution in [0.3, 0.4) is 0 Å². The summed E-state index contributed by atoms with van der Waals surface area (Å²) in [6.07, 6.45) is 2.48. The van der Waals surface area contributed by atoms with Crippen LogP contribution in [0.5, 0.6) is 11.5 Å². The van der Waals surface area contributed by atoms with E-state index in [9.17, 15) is 0 Å². The van der Waals surface area contributed by atoms with Crippen molar-refractivity contribution in [2.45, 2.75) is 19.6 Å². The van der Waals surface area contributed by atoms with Crippen LogP contribution in [0, 0.1) is 0 Å². The second kappa shape index (κ2) is 5.69. The van der Waals surface area contributed by atoms with E-state index in [1.54, 1.807) is 18.3 Å². The van der Waals surface area contributed by atoms with E-state index < -0.39 is 0 Å². The number of benzene rings is 1. The zero-order valence-electron chi connectivity index (χ0n) is 10.8. The van der Waals surface area contributed by atoms with E-state index in [0.29, 0.717) is 29.7 Å². The number of ether oxygens (including phenoxy) is 2. The average Bonchev–Trinajstić information content (AvgIpc) is 2.93. The summed E-state index contributed by atoms with van der Waals surface area (Å²) in [6, 6.07) is 7.31. The molecule has 4 nitrogen and oxygen atoms in total. The fourth-order valence-electron chi connectivity index (χ4n) is 2.20. The second-order valence-corrected chi connectivity index (χ2v) is 5.02. The largest absolute Gasteiger partial charge is 0.493 e. The highest BCUT2D eigenvalue weighted by molar-refractivity contribution is 6.30. The molecule has 104 valence electrons. The highest BCUT2D eigenvalue weighted by Gasteiger charge is 2.17. The predicted octanol–water partition coefficient (Wildman–Crippen LogP) is 2.74. The summed E-state index contributed by atoms with van der Waals surface area (Å²) in [5, 5.41) is 9.63. The van der Waals surface area contributed by atoms with Gasteiger partial charge in [-0.1, -0.05) is 11.6 Å². The van der Waals surface area contributed by atoms with Crippen LogP contribution >= 0.6 is 11.6 Å². The maximum Gasteiger partial charge on any atom is 0.138 e. The first-order valence-corrected chi connectivity index (χ1v) is 6.77. The van der Waals surface area contributed by atoms with Crippen molar-refractivity contribution in [2.24, 2.45) is 0 Å². The highest BCUT2D eigenvalue weighted by atomic mass is 35.5. The number of fused-ring (bicyclic) bond motifs is 1. The molecular weight excluding hydrogens is 278 g/mol. The molecule has 1 N–H and O–H groups in total. The number of pyridine rings is 1. The van der Waals surface area contributed by atoms with E-state index in [1.807, 2.05) is 12.1 Å². The van der Waals surface area contributed by atoms with Crippen LogP contribution in [0.1, 0.15) is 16.8 Å². The van der Waals surface area contributed by atoms with Crippen molar-refractivity contribution in [3.8, 4) is 11.5 Å². The summed E-state index contributed by atoms with van der Waals surface area (Å²) in [4.78, 5) is 4.07. The maximum absolute atomic E-state index is 8.94. The number of aromatic nitrogens is 1. The smallest absolute Gasteiger partial charge is 0.138 e.